The molecule has 0 unspecified atom stereocenters. The number of aromatic nitrogens is 2. The molecule has 6 heteroatoms. The maximum atomic E-state index is 13.2. The number of hydrogen-bond donors (Lipinski definition) is 0. The molecule has 5 nitrogen and oxygen atoms in total. The predicted octanol–water partition coefficient (Wildman–Crippen LogP) is 2.26. The Morgan fingerprint density at radius 2 is 1.96 bits per heavy atom. The van der Waals surface area contributed by atoms with E-state index in [0.717, 1.165) is 42.4 Å². The molecule has 0 saturated carbocycles. The predicted molar refractivity (Wildman–Crippen MR) is 85.3 cm³/mol. The van der Waals surface area contributed by atoms with Crippen molar-refractivity contribution < 1.29 is 9.18 Å². The third-order valence-electron chi connectivity index (χ3n) is 4.02. The van der Waals surface area contributed by atoms with Gasteiger partial charge in [0.15, 0.2) is 5.78 Å². The first-order chi connectivity index (χ1) is 11.1. The SMILES string of the molecule is O=C(Cn1ncc(N2CCCCC2)cc1=O)c1cccc(F)c1. The molecular weight excluding hydrogens is 297 g/mol. The molecule has 3 rings (SSSR count). The Hall–Kier alpha value is -2.50. The van der Waals surface area contributed by atoms with E-state index in [2.05, 4.69) is 10.00 Å². The van der Waals surface area contributed by atoms with Gasteiger partial charge in [-0.3, -0.25) is 9.59 Å². The molecule has 0 bridgehead atoms. The summed E-state index contributed by atoms with van der Waals surface area (Å²) in [6.45, 7) is 1.66. The molecule has 1 aromatic heterocycles. The number of nitrogens with zero attached hydrogens (tertiary/aromatic N) is 3. The van der Waals surface area contributed by atoms with Crippen molar-refractivity contribution in [3.63, 3.8) is 0 Å². The Morgan fingerprint density at radius 3 is 2.65 bits per heavy atom. The van der Waals surface area contributed by atoms with Gasteiger partial charge in [-0.15, -0.1) is 0 Å². The molecule has 1 aromatic carbocycles. The maximum absolute atomic E-state index is 13.2. The lowest BCUT2D eigenvalue weighted by Crippen LogP contribution is -2.32. The van der Waals surface area contributed by atoms with E-state index >= 15 is 0 Å². The normalized spacial score (nSPS) is 14.7. The van der Waals surface area contributed by atoms with Crippen LogP contribution in [0.1, 0.15) is 29.6 Å². The zero-order valence-electron chi connectivity index (χ0n) is 12.7. The minimum Gasteiger partial charge on any atom is -0.370 e. The summed E-state index contributed by atoms with van der Waals surface area (Å²) in [6.07, 6.45) is 5.05. The van der Waals surface area contributed by atoms with Crippen LogP contribution in [0.4, 0.5) is 10.1 Å². The summed E-state index contributed by atoms with van der Waals surface area (Å²) in [4.78, 5) is 26.4. The van der Waals surface area contributed by atoms with Crippen molar-refractivity contribution >= 4 is 11.5 Å². The summed E-state index contributed by atoms with van der Waals surface area (Å²) in [5.74, 6) is -0.818. The van der Waals surface area contributed by atoms with Gasteiger partial charge in [-0.2, -0.15) is 5.10 Å². The van der Waals surface area contributed by atoms with Crippen LogP contribution >= 0.6 is 0 Å². The smallest absolute Gasteiger partial charge is 0.269 e. The lowest BCUT2D eigenvalue weighted by atomic mass is 10.1. The number of carbonyl (C=O) groups excluding carboxylic acids is 1. The number of rotatable bonds is 4. The van der Waals surface area contributed by atoms with Crippen LogP contribution in [0.25, 0.3) is 0 Å². The number of anilines is 1. The monoisotopic (exact) mass is 315 g/mol. The number of benzene rings is 1. The first-order valence-electron chi connectivity index (χ1n) is 7.74. The lowest BCUT2D eigenvalue weighted by molar-refractivity contribution is 0.0965. The topological polar surface area (TPSA) is 55.2 Å². The molecule has 2 heterocycles. The van der Waals surface area contributed by atoms with Gasteiger partial charge in [0.1, 0.15) is 12.4 Å². The van der Waals surface area contributed by atoms with Crippen LogP contribution in [0.5, 0.6) is 0 Å². The lowest BCUT2D eigenvalue weighted by Gasteiger charge is -2.28. The summed E-state index contributed by atoms with van der Waals surface area (Å²) in [6, 6.07) is 6.94. The quantitative estimate of drug-likeness (QED) is 0.812. The molecule has 1 aliphatic heterocycles. The van der Waals surface area contributed by atoms with Gasteiger partial charge in [-0.1, -0.05) is 12.1 Å². The van der Waals surface area contributed by atoms with E-state index in [1.165, 1.54) is 30.7 Å². The van der Waals surface area contributed by atoms with Gasteiger partial charge in [-0.25, -0.2) is 9.07 Å². The molecule has 0 spiro atoms. The molecule has 0 amide bonds. The molecule has 1 aliphatic rings. The Balaban J connectivity index is 1.76. The van der Waals surface area contributed by atoms with Crippen LogP contribution in [0.2, 0.25) is 0 Å². The molecule has 0 radical (unpaired) electrons. The van der Waals surface area contributed by atoms with Crippen molar-refractivity contribution in [1.29, 1.82) is 0 Å². The van der Waals surface area contributed by atoms with Crippen LogP contribution in [-0.2, 0) is 6.54 Å². The first-order valence-corrected chi connectivity index (χ1v) is 7.74. The minimum absolute atomic E-state index is 0.192. The van der Waals surface area contributed by atoms with E-state index in [1.807, 2.05) is 0 Å². The Morgan fingerprint density at radius 1 is 1.17 bits per heavy atom. The van der Waals surface area contributed by atoms with Crippen molar-refractivity contribution in [2.24, 2.45) is 0 Å². The Kier molecular flexibility index (Phi) is 4.50. The van der Waals surface area contributed by atoms with E-state index in [4.69, 9.17) is 0 Å². The third-order valence-corrected chi connectivity index (χ3v) is 4.02. The van der Waals surface area contributed by atoms with Crippen molar-refractivity contribution in [2.75, 3.05) is 18.0 Å². The van der Waals surface area contributed by atoms with E-state index in [9.17, 15) is 14.0 Å². The van der Waals surface area contributed by atoms with Crippen LogP contribution in [0.15, 0.2) is 41.3 Å². The fourth-order valence-electron chi connectivity index (χ4n) is 2.76. The third kappa shape index (κ3) is 3.64. The summed E-state index contributed by atoms with van der Waals surface area (Å²) >= 11 is 0. The van der Waals surface area contributed by atoms with Gasteiger partial charge in [0.05, 0.1) is 11.9 Å². The highest BCUT2D eigenvalue weighted by Crippen LogP contribution is 2.16. The van der Waals surface area contributed by atoms with E-state index in [0.29, 0.717) is 0 Å². The van der Waals surface area contributed by atoms with E-state index in [-0.39, 0.29) is 23.5 Å². The Labute approximate surface area is 133 Å². The van der Waals surface area contributed by atoms with Crippen LogP contribution in [0.3, 0.4) is 0 Å². The van der Waals surface area contributed by atoms with Gasteiger partial charge < -0.3 is 4.90 Å². The zero-order valence-corrected chi connectivity index (χ0v) is 12.7. The highest BCUT2D eigenvalue weighted by atomic mass is 19.1. The van der Waals surface area contributed by atoms with Crippen LogP contribution in [-0.4, -0.2) is 28.7 Å². The Bertz CT molecular complexity index is 766. The molecular formula is C17H18FN3O2. The fraction of sp³-hybridized carbons (Fsp3) is 0.353. The number of ketones is 1. The summed E-state index contributed by atoms with van der Waals surface area (Å²) < 4.78 is 14.3. The fourth-order valence-corrected chi connectivity index (χ4v) is 2.76. The largest absolute Gasteiger partial charge is 0.370 e. The molecule has 0 aliphatic carbocycles. The highest BCUT2D eigenvalue weighted by Gasteiger charge is 2.14. The molecule has 120 valence electrons. The zero-order chi connectivity index (χ0) is 16.2. The van der Waals surface area contributed by atoms with E-state index < -0.39 is 5.82 Å². The van der Waals surface area contributed by atoms with Gasteiger partial charge >= 0.3 is 0 Å². The summed E-state index contributed by atoms with van der Waals surface area (Å²) in [5.41, 5.74) is 0.709. The molecule has 1 saturated heterocycles. The van der Waals surface area contributed by atoms with Crippen molar-refractivity contribution in [1.82, 2.24) is 9.78 Å². The number of piperidine rings is 1. The van der Waals surface area contributed by atoms with Crippen molar-refractivity contribution in [2.45, 2.75) is 25.8 Å². The number of Topliss-reactive ketones (excluding diaryl/α,β-unsaturated/α-hetero) is 1. The average Bonchev–Trinajstić information content (AvgIpc) is 2.57. The molecule has 23 heavy (non-hydrogen) atoms. The van der Waals surface area contributed by atoms with Crippen molar-refractivity contribution in [3.05, 3.63) is 58.3 Å². The second-order valence-corrected chi connectivity index (χ2v) is 5.69. The number of halogens is 1. The van der Waals surface area contributed by atoms with E-state index in [1.54, 1.807) is 6.20 Å². The summed E-state index contributed by atoms with van der Waals surface area (Å²) in [7, 11) is 0. The minimum atomic E-state index is -0.475. The second-order valence-electron chi connectivity index (χ2n) is 5.69. The number of carbonyl (C=O) groups is 1. The second kappa shape index (κ2) is 6.73. The standard InChI is InChI=1S/C17H18FN3O2/c18-14-6-4-5-13(9-14)16(22)12-21-17(23)10-15(11-19-21)20-7-2-1-3-8-20/h4-6,9-11H,1-3,7-8,12H2. The van der Waals surface area contributed by atoms with Crippen LogP contribution < -0.4 is 10.5 Å². The summed E-state index contributed by atoms with van der Waals surface area (Å²) in [5, 5.41) is 4.09. The first kappa shape index (κ1) is 15.4. The van der Waals surface area contributed by atoms with Gasteiger partial charge in [-0.05, 0) is 31.4 Å². The maximum Gasteiger partial charge on any atom is 0.269 e. The van der Waals surface area contributed by atoms with Gasteiger partial charge in [0.2, 0.25) is 0 Å². The molecule has 0 N–H and O–H groups in total. The van der Waals surface area contributed by atoms with Crippen molar-refractivity contribution in [3.8, 4) is 0 Å². The molecule has 2 aromatic rings. The molecule has 0 atom stereocenters. The van der Waals surface area contributed by atoms with Crippen LogP contribution in [0, 0.1) is 5.82 Å². The highest BCUT2D eigenvalue weighted by molar-refractivity contribution is 5.95. The van der Waals surface area contributed by atoms with Gasteiger partial charge in [0.25, 0.3) is 5.56 Å². The molecule has 1 fully saturated rings. The number of hydrogen-bond acceptors (Lipinski definition) is 4. The average molecular weight is 315 g/mol. The van der Waals surface area contributed by atoms with Gasteiger partial charge in [0, 0.05) is 24.7 Å².